The number of esters is 1. The van der Waals surface area contributed by atoms with Crippen molar-refractivity contribution >= 4 is 28.7 Å². The highest BCUT2D eigenvalue weighted by molar-refractivity contribution is 6.20. The molecule has 108 valence electrons. The smallest absolute Gasteiger partial charge is 0.307 e. The van der Waals surface area contributed by atoms with Crippen molar-refractivity contribution in [1.82, 2.24) is 19.5 Å². The fourth-order valence-electron chi connectivity index (χ4n) is 1.91. The maximum Gasteiger partial charge on any atom is 0.307 e. The van der Waals surface area contributed by atoms with Gasteiger partial charge in [0.2, 0.25) is 5.88 Å². The van der Waals surface area contributed by atoms with E-state index in [1.165, 1.54) is 20.5 Å². The number of hydrogen-bond acceptors (Lipinski definition) is 6. The summed E-state index contributed by atoms with van der Waals surface area (Å²) in [6.45, 7) is 2.19. The molecule has 0 fully saturated rings. The van der Waals surface area contributed by atoms with E-state index in [2.05, 4.69) is 19.7 Å². The number of alkyl halides is 1. The number of nitrogens with zero attached hydrogens (tertiary/aromatic N) is 4. The SMILES string of the molecule is COC(=O)CCn1c(C(C)Cl)nc2c(OC)ncnc21. The molecule has 2 rings (SSSR count). The number of aryl methyl sites for hydroxylation is 1. The largest absolute Gasteiger partial charge is 0.479 e. The van der Waals surface area contributed by atoms with Crippen LogP contribution in [-0.2, 0) is 16.1 Å². The van der Waals surface area contributed by atoms with Gasteiger partial charge in [-0.3, -0.25) is 4.79 Å². The minimum Gasteiger partial charge on any atom is -0.479 e. The van der Waals surface area contributed by atoms with Crippen LogP contribution in [0.25, 0.3) is 11.2 Å². The molecule has 1 unspecified atom stereocenters. The molecule has 0 saturated carbocycles. The van der Waals surface area contributed by atoms with E-state index in [-0.39, 0.29) is 17.8 Å². The van der Waals surface area contributed by atoms with Gasteiger partial charge in [0.15, 0.2) is 11.2 Å². The van der Waals surface area contributed by atoms with Crippen LogP contribution < -0.4 is 4.74 Å². The lowest BCUT2D eigenvalue weighted by atomic mass is 10.4. The van der Waals surface area contributed by atoms with Crippen LogP contribution in [0.4, 0.5) is 0 Å². The second kappa shape index (κ2) is 6.04. The molecule has 2 aromatic rings. The number of ether oxygens (including phenoxy) is 2. The molecule has 8 heteroatoms. The summed E-state index contributed by atoms with van der Waals surface area (Å²) in [5.41, 5.74) is 1.12. The molecule has 2 aromatic heterocycles. The number of aromatic nitrogens is 4. The van der Waals surface area contributed by atoms with Crippen LogP contribution in [-0.4, -0.2) is 39.7 Å². The van der Waals surface area contributed by atoms with Gasteiger partial charge < -0.3 is 14.0 Å². The highest BCUT2D eigenvalue weighted by Crippen LogP contribution is 2.27. The molecule has 2 heterocycles. The molecule has 0 saturated heterocycles. The summed E-state index contributed by atoms with van der Waals surface area (Å²) in [4.78, 5) is 23.9. The van der Waals surface area contributed by atoms with Gasteiger partial charge in [0.25, 0.3) is 0 Å². The van der Waals surface area contributed by atoms with Gasteiger partial charge in [-0.15, -0.1) is 11.6 Å². The number of hydrogen-bond donors (Lipinski definition) is 0. The van der Waals surface area contributed by atoms with Crippen LogP contribution in [0.5, 0.6) is 5.88 Å². The predicted octanol–water partition coefficient (Wildman–Crippen LogP) is 1.70. The molecular formula is C12H15ClN4O3. The Bertz CT molecular complexity index is 626. The van der Waals surface area contributed by atoms with Gasteiger partial charge in [-0.05, 0) is 6.92 Å². The summed E-state index contributed by atoms with van der Waals surface area (Å²) in [6.07, 6.45) is 1.60. The van der Waals surface area contributed by atoms with Crippen LogP contribution in [0.1, 0.15) is 24.5 Å². The first-order chi connectivity index (χ1) is 9.58. The minimum atomic E-state index is -0.327. The topological polar surface area (TPSA) is 79.1 Å². The molecule has 7 nitrogen and oxygen atoms in total. The lowest BCUT2D eigenvalue weighted by Gasteiger charge is -2.08. The molecule has 0 bridgehead atoms. The Morgan fingerprint density at radius 3 is 2.80 bits per heavy atom. The number of imidazole rings is 1. The number of carbonyl (C=O) groups is 1. The summed E-state index contributed by atoms with van der Waals surface area (Å²) in [5.74, 6) is 0.691. The summed E-state index contributed by atoms with van der Waals surface area (Å²) in [7, 11) is 2.86. The van der Waals surface area contributed by atoms with Crippen molar-refractivity contribution < 1.29 is 14.3 Å². The zero-order chi connectivity index (χ0) is 14.7. The van der Waals surface area contributed by atoms with Crippen LogP contribution >= 0.6 is 11.6 Å². The van der Waals surface area contributed by atoms with Gasteiger partial charge in [0.05, 0.1) is 26.0 Å². The Kier molecular flexibility index (Phi) is 4.39. The van der Waals surface area contributed by atoms with Crippen LogP contribution in [0, 0.1) is 0 Å². The van der Waals surface area contributed by atoms with E-state index in [4.69, 9.17) is 16.3 Å². The summed E-state index contributed by atoms with van der Waals surface area (Å²) < 4.78 is 11.6. The fourth-order valence-corrected chi connectivity index (χ4v) is 2.08. The van der Waals surface area contributed by atoms with Gasteiger partial charge in [-0.25, -0.2) is 9.97 Å². The first kappa shape index (κ1) is 14.5. The molecule has 0 aliphatic heterocycles. The third kappa shape index (κ3) is 2.67. The van der Waals surface area contributed by atoms with Gasteiger partial charge in [0, 0.05) is 6.54 Å². The number of rotatable bonds is 5. The Morgan fingerprint density at radius 1 is 1.45 bits per heavy atom. The highest BCUT2D eigenvalue weighted by Gasteiger charge is 2.19. The van der Waals surface area contributed by atoms with Crippen molar-refractivity contribution in [2.24, 2.45) is 0 Å². The van der Waals surface area contributed by atoms with Gasteiger partial charge in [-0.1, -0.05) is 0 Å². The maximum atomic E-state index is 11.3. The van der Waals surface area contributed by atoms with Gasteiger partial charge in [-0.2, -0.15) is 4.98 Å². The standard InChI is InChI=1S/C12H15ClN4O3/c1-7(13)10-16-9-11(14-6-15-12(9)20-3)17(10)5-4-8(18)19-2/h6-7H,4-5H2,1-3H3. The molecule has 0 aliphatic rings. The van der Waals surface area contributed by atoms with Gasteiger partial charge >= 0.3 is 5.97 Å². The van der Waals surface area contributed by atoms with Crippen molar-refractivity contribution in [3.8, 4) is 5.88 Å². The van der Waals surface area contributed by atoms with Crippen LogP contribution in [0.2, 0.25) is 0 Å². The van der Waals surface area contributed by atoms with E-state index in [9.17, 15) is 4.79 Å². The molecule has 0 aromatic carbocycles. The van der Waals surface area contributed by atoms with Gasteiger partial charge in [0.1, 0.15) is 12.2 Å². The van der Waals surface area contributed by atoms with E-state index in [0.717, 1.165) is 0 Å². The van der Waals surface area contributed by atoms with Crippen molar-refractivity contribution in [2.75, 3.05) is 14.2 Å². The Morgan fingerprint density at radius 2 is 2.20 bits per heavy atom. The zero-order valence-corrected chi connectivity index (χ0v) is 12.2. The Balaban J connectivity index is 2.49. The molecule has 0 aliphatic carbocycles. The number of fused-ring (bicyclic) bond motifs is 1. The quantitative estimate of drug-likeness (QED) is 0.617. The van der Waals surface area contributed by atoms with Crippen LogP contribution in [0.15, 0.2) is 6.33 Å². The predicted molar refractivity (Wildman–Crippen MR) is 72.8 cm³/mol. The maximum absolute atomic E-state index is 11.3. The fraction of sp³-hybridized carbons (Fsp3) is 0.500. The average molecular weight is 299 g/mol. The second-order valence-corrected chi connectivity index (χ2v) is 4.77. The molecular weight excluding hydrogens is 284 g/mol. The summed E-state index contributed by atoms with van der Waals surface area (Å²) >= 11 is 6.14. The Labute approximate surface area is 120 Å². The normalized spacial score (nSPS) is 12.4. The second-order valence-electron chi connectivity index (χ2n) is 4.12. The number of halogens is 1. The van der Waals surface area contributed by atoms with Crippen molar-refractivity contribution in [2.45, 2.75) is 25.3 Å². The average Bonchev–Trinajstić information content (AvgIpc) is 2.83. The molecule has 0 N–H and O–H groups in total. The van der Waals surface area contributed by atoms with E-state index in [1.807, 2.05) is 0 Å². The monoisotopic (exact) mass is 298 g/mol. The van der Waals surface area contributed by atoms with Crippen LogP contribution in [0.3, 0.4) is 0 Å². The molecule has 20 heavy (non-hydrogen) atoms. The van der Waals surface area contributed by atoms with E-state index in [0.29, 0.717) is 29.4 Å². The molecule has 1 atom stereocenters. The Hall–Kier alpha value is -1.89. The summed E-state index contributed by atoms with van der Waals surface area (Å²) in [6, 6.07) is 0. The number of carbonyl (C=O) groups excluding carboxylic acids is 1. The molecule has 0 amide bonds. The third-order valence-electron chi connectivity index (χ3n) is 2.84. The van der Waals surface area contributed by atoms with Crippen molar-refractivity contribution in [1.29, 1.82) is 0 Å². The lowest BCUT2D eigenvalue weighted by molar-refractivity contribution is -0.140. The lowest BCUT2D eigenvalue weighted by Crippen LogP contribution is -2.10. The van der Waals surface area contributed by atoms with E-state index < -0.39 is 0 Å². The third-order valence-corrected chi connectivity index (χ3v) is 3.04. The highest BCUT2D eigenvalue weighted by atomic mass is 35.5. The molecule has 0 spiro atoms. The van der Waals surface area contributed by atoms with E-state index >= 15 is 0 Å². The van der Waals surface area contributed by atoms with Crippen molar-refractivity contribution in [3.63, 3.8) is 0 Å². The summed E-state index contributed by atoms with van der Waals surface area (Å²) in [5, 5.41) is -0.327. The first-order valence-electron chi connectivity index (χ1n) is 6.04. The number of methoxy groups -OCH3 is 2. The zero-order valence-electron chi connectivity index (χ0n) is 11.5. The van der Waals surface area contributed by atoms with Crippen molar-refractivity contribution in [3.05, 3.63) is 12.2 Å². The van der Waals surface area contributed by atoms with E-state index in [1.54, 1.807) is 11.5 Å². The molecule has 0 radical (unpaired) electrons. The first-order valence-corrected chi connectivity index (χ1v) is 6.48. The minimum absolute atomic E-state index is 0.213.